The van der Waals surface area contributed by atoms with E-state index < -0.39 is 7.58 Å². The molecular weight excluding hydrogens is 371 g/mol. The van der Waals surface area contributed by atoms with E-state index in [9.17, 15) is 0 Å². The Bertz CT molecular complexity index is 996. The first-order chi connectivity index (χ1) is 13.1. The van der Waals surface area contributed by atoms with Crippen molar-refractivity contribution in [1.29, 1.82) is 0 Å². The molecule has 1 aliphatic rings. The maximum Gasteiger partial charge on any atom is 0.222 e. The van der Waals surface area contributed by atoms with E-state index in [1.807, 2.05) is 24.3 Å². The molecule has 0 bridgehead atoms. The van der Waals surface area contributed by atoms with Gasteiger partial charge >= 0.3 is 0 Å². The molecule has 3 aromatic carbocycles. The lowest BCUT2D eigenvalue weighted by Crippen LogP contribution is -2.22. The van der Waals surface area contributed by atoms with Gasteiger partial charge in [-0.2, -0.15) is 0 Å². The van der Waals surface area contributed by atoms with Crippen molar-refractivity contribution in [2.45, 2.75) is 13.8 Å². The molecule has 1 heterocycles. The average Bonchev–Trinajstić information content (AvgIpc) is 2.71. The third-order valence-corrected chi connectivity index (χ3v) is 6.45. The average molecular weight is 391 g/mol. The van der Waals surface area contributed by atoms with Crippen molar-refractivity contribution in [1.82, 2.24) is 0 Å². The first-order valence-corrected chi connectivity index (χ1v) is 11.0. The van der Waals surface area contributed by atoms with Crippen LogP contribution in [0, 0.1) is 6.92 Å². The lowest BCUT2D eigenvalue weighted by molar-refractivity contribution is 1.34. The lowest BCUT2D eigenvalue weighted by atomic mass is 9.98. The Hall–Kier alpha value is -2.41. The molecule has 3 aromatic rings. The van der Waals surface area contributed by atoms with Gasteiger partial charge in [-0.15, -0.1) is 0 Å². The third-order valence-electron chi connectivity index (χ3n) is 4.64. The van der Waals surface area contributed by atoms with Crippen molar-refractivity contribution in [3.63, 3.8) is 0 Å². The minimum absolute atomic E-state index is 0.971. The van der Waals surface area contributed by atoms with Crippen LogP contribution >= 0.6 is 18.8 Å². The highest BCUT2D eigenvalue weighted by molar-refractivity contribution is 7.84. The van der Waals surface area contributed by atoms with E-state index in [1.54, 1.807) is 0 Å². The summed E-state index contributed by atoms with van der Waals surface area (Å²) < 4.78 is 7.08. The van der Waals surface area contributed by atoms with E-state index in [2.05, 4.69) is 79.2 Å². The van der Waals surface area contributed by atoms with Crippen LogP contribution in [0.2, 0.25) is 0 Å². The number of anilines is 1. The van der Waals surface area contributed by atoms with E-state index in [-0.39, 0.29) is 0 Å². The third kappa shape index (κ3) is 3.56. The highest BCUT2D eigenvalue weighted by atomic mass is 35.7. The van der Waals surface area contributed by atoms with Crippen LogP contribution in [0.5, 0.6) is 0 Å². The number of rotatable bonds is 3. The molecule has 0 aliphatic carbocycles. The fourth-order valence-electron chi connectivity index (χ4n) is 3.27. The molecule has 1 atom stereocenters. The molecule has 0 fully saturated rings. The van der Waals surface area contributed by atoms with Crippen LogP contribution in [0.4, 0.5) is 5.69 Å². The van der Waals surface area contributed by atoms with Gasteiger partial charge in [-0.1, -0.05) is 78.4 Å². The summed E-state index contributed by atoms with van der Waals surface area (Å²) in [5, 5.41) is 0. The van der Waals surface area contributed by atoms with Gasteiger partial charge in [0.15, 0.2) is 0 Å². The van der Waals surface area contributed by atoms with Crippen molar-refractivity contribution >= 4 is 35.9 Å². The topological polar surface area (TPSA) is 15.6 Å². The molecule has 4 rings (SSSR count). The van der Waals surface area contributed by atoms with Crippen molar-refractivity contribution in [2.24, 2.45) is 4.76 Å². The summed E-state index contributed by atoms with van der Waals surface area (Å²) in [4.78, 5) is 0. The van der Waals surface area contributed by atoms with Gasteiger partial charge in [0.2, 0.25) is 7.58 Å². The zero-order valence-electron chi connectivity index (χ0n) is 15.3. The van der Waals surface area contributed by atoms with Gasteiger partial charge in [0, 0.05) is 11.3 Å². The minimum atomic E-state index is -1.26. The summed E-state index contributed by atoms with van der Waals surface area (Å²) in [6.45, 7) is 4.23. The molecule has 0 saturated heterocycles. The Labute approximate surface area is 166 Å². The van der Waals surface area contributed by atoms with Crippen molar-refractivity contribution in [2.75, 3.05) is 4.67 Å². The maximum atomic E-state index is 6.88. The summed E-state index contributed by atoms with van der Waals surface area (Å²) in [7, 11) is -1.26. The zero-order chi connectivity index (χ0) is 18.8. The van der Waals surface area contributed by atoms with E-state index in [1.165, 1.54) is 5.56 Å². The Morgan fingerprint density at radius 1 is 0.741 bits per heavy atom. The Balaban J connectivity index is 1.91. The van der Waals surface area contributed by atoms with Gasteiger partial charge in [-0.3, -0.25) is 4.67 Å². The standard InChI is InChI=1S/C23H20ClN2P/c1-17-13-15-21(16-14-17)26-23(20-11-7-4-8-12-20)18(2)22(25-27(26)24)19-9-5-3-6-10-19/h3-16H,1-2H3. The van der Waals surface area contributed by atoms with Crippen LogP contribution in [0.1, 0.15) is 23.6 Å². The predicted molar refractivity (Wildman–Crippen MR) is 118 cm³/mol. The van der Waals surface area contributed by atoms with E-state index in [4.69, 9.17) is 16.0 Å². The Kier molecular flexibility index (Phi) is 5.11. The molecule has 1 aliphatic heterocycles. The predicted octanol–water partition coefficient (Wildman–Crippen LogP) is 7.20. The van der Waals surface area contributed by atoms with Gasteiger partial charge in [-0.05, 0) is 48.4 Å². The molecule has 1 unspecified atom stereocenters. The van der Waals surface area contributed by atoms with Crippen molar-refractivity contribution in [3.8, 4) is 0 Å². The number of hydrogen-bond acceptors (Lipinski definition) is 2. The van der Waals surface area contributed by atoms with Crippen LogP contribution in [-0.2, 0) is 0 Å². The molecule has 134 valence electrons. The first kappa shape index (κ1) is 18.0. The van der Waals surface area contributed by atoms with E-state index in [0.717, 1.165) is 33.8 Å². The number of benzene rings is 3. The molecule has 0 aromatic heterocycles. The van der Waals surface area contributed by atoms with Gasteiger partial charge < -0.3 is 0 Å². The summed E-state index contributed by atoms with van der Waals surface area (Å²) in [6, 6.07) is 29.2. The number of aryl methyl sites for hydroxylation is 1. The molecule has 4 heteroatoms. The Morgan fingerprint density at radius 3 is 1.89 bits per heavy atom. The molecule has 0 spiro atoms. The highest BCUT2D eigenvalue weighted by Crippen LogP contribution is 2.57. The van der Waals surface area contributed by atoms with Crippen LogP contribution in [0.3, 0.4) is 0 Å². The van der Waals surface area contributed by atoms with Gasteiger partial charge in [0.1, 0.15) is 0 Å². The van der Waals surface area contributed by atoms with Gasteiger partial charge in [0.25, 0.3) is 0 Å². The quantitative estimate of drug-likeness (QED) is 0.431. The highest BCUT2D eigenvalue weighted by Gasteiger charge is 2.30. The smallest absolute Gasteiger partial charge is 0.222 e. The molecule has 0 N–H and O–H groups in total. The first-order valence-electron chi connectivity index (χ1n) is 8.88. The summed E-state index contributed by atoms with van der Waals surface area (Å²) in [5.74, 6) is 0. The van der Waals surface area contributed by atoms with Crippen molar-refractivity contribution < 1.29 is 0 Å². The lowest BCUT2D eigenvalue weighted by Gasteiger charge is -2.35. The number of hydrogen-bond donors (Lipinski definition) is 0. The number of allylic oxidation sites excluding steroid dienone is 1. The molecule has 2 nitrogen and oxygen atoms in total. The van der Waals surface area contributed by atoms with E-state index >= 15 is 0 Å². The monoisotopic (exact) mass is 390 g/mol. The normalized spacial score (nSPS) is 17.1. The SMILES string of the molecule is CC1=C(c2ccccc2)N(c2ccc(C)cc2)P(Cl)N=C1c1ccccc1. The Morgan fingerprint density at radius 2 is 1.30 bits per heavy atom. The van der Waals surface area contributed by atoms with Gasteiger partial charge in [-0.25, -0.2) is 4.76 Å². The second-order valence-corrected chi connectivity index (χ2v) is 8.53. The number of nitrogens with zero attached hydrogens (tertiary/aromatic N) is 2. The summed E-state index contributed by atoms with van der Waals surface area (Å²) in [6.07, 6.45) is 0. The maximum absolute atomic E-state index is 6.88. The second-order valence-electron chi connectivity index (χ2n) is 6.54. The van der Waals surface area contributed by atoms with Crippen LogP contribution in [0.25, 0.3) is 5.70 Å². The second kappa shape index (κ2) is 7.68. The van der Waals surface area contributed by atoms with Gasteiger partial charge in [0.05, 0.1) is 11.4 Å². The van der Waals surface area contributed by atoms with Crippen molar-refractivity contribution in [3.05, 3.63) is 107 Å². The minimum Gasteiger partial charge on any atom is -0.288 e. The van der Waals surface area contributed by atoms with Crippen LogP contribution in [0.15, 0.2) is 95.3 Å². The van der Waals surface area contributed by atoms with Crippen LogP contribution in [-0.4, -0.2) is 5.71 Å². The van der Waals surface area contributed by atoms with E-state index in [0.29, 0.717) is 0 Å². The summed E-state index contributed by atoms with van der Waals surface area (Å²) in [5.41, 5.74) is 7.76. The molecule has 0 saturated carbocycles. The molecule has 0 radical (unpaired) electrons. The molecule has 0 amide bonds. The fraction of sp³-hybridized carbons (Fsp3) is 0.0870. The molecule has 27 heavy (non-hydrogen) atoms. The zero-order valence-corrected chi connectivity index (χ0v) is 17.0. The largest absolute Gasteiger partial charge is 0.288 e. The fourth-order valence-corrected chi connectivity index (χ4v) is 5.26. The number of halogens is 1. The summed E-state index contributed by atoms with van der Waals surface area (Å²) >= 11 is 6.88. The van der Waals surface area contributed by atoms with Crippen LogP contribution < -0.4 is 4.67 Å². The molecular formula is C23H20ClN2P.